The smallest absolute Gasteiger partial charge is 0.310 e. The number of ether oxygens (including phenoxy) is 1. The molecule has 2 N–H and O–H groups in total. The maximum absolute atomic E-state index is 10.9. The summed E-state index contributed by atoms with van der Waals surface area (Å²) in [5, 5.41) is 10.9. The van der Waals surface area contributed by atoms with Crippen molar-refractivity contribution < 1.29 is 9.66 Å². The van der Waals surface area contributed by atoms with Gasteiger partial charge in [-0.1, -0.05) is 18.2 Å². The lowest BCUT2D eigenvalue weighted by molar-refractivity contribution is -0.385. The van der Waals surface area contributed by atoms with Crippen molar-refractivity contribution in [1.29, 1.82) is 0 Å². The fraction of sp³-hybridized carbons (Fsp3) is 0.250. The maximum atomic E-state index is 10.9. The Morgan fingerprint density at radius 3 is 2.57 bits per heavy atom. The van der Waals surface area contributed by atoms with Gasteiger partial charge in [0.15, 0.2) is 5.75 Å². The molecule has 0 radical (unpaired) electrons. The highest BCUT2D eigenvalue weighted by molar-refractivity contribution is 5.48. The van der Waals surface area contributed by atoms with Gasteiger partial charge >= 0.3 is 5.69 Å². The molecule has 0 saturated carbocycles. The molecular weight excluding hydrogens is 268 g/mol. The van der Waals surface area contributed by atoms with E-state index in [9.17, 15) is 10.1 Å². The van der Waals surface area contributed by atoms with E-state index in [1.165, 1.54) is 11.6 Å². The first-order chi connectivity index (χ1) is 10.1. The van der Waals surface area contributed by atoms with Crippen LogP contribution in [0.2, 0.25) is 0 Å². The van der Waals surface area contributed by atoms with Crippen molar-refractivity contribution >= 4 is 11.4 Å². The third kappa shape index (κ3) is 4.21. The summed E-state index contributed by atoms with van der Waals surface area (Å²) in [7, 11) is 0. The zero-order valence-corrected chi connectivity index (χ0v) is 11.9. The van der Waals surface area contributed by atoms with Crippen LogP contribution >= 0.6 is 0 Å². The van der Waals surface area contributed by atoms with E-state index in [0.717, 1.165) is 24.1 Å². The number of aryl methyl sites for hydroxylation is 2. The Balaban J connectivity index is 1.90. The summed E-state index contributed by atoms with van der Waals surface area (Å²) in [6.45, 7) is 2.32. The summed E-state index contributed by atoms with van der Waals surface area (Å²) in [6, 6.07) is 12.6. The Morgan fingerprint density at radius 1 is 1.19 bits per heavy atom. The van der Waals surface area contributed by atoms with Crippen molar-refractivity contribution in [2.45, 2.75) is 19.8 Å². The van der Waals surface area contributed by atoms with Crippen LogP contribution in [0.15, 0.2) is 42.5 Å². The topological polar surface area (TPSA) is 78.4 Å². The van der Waals surface area contributed by atoms with Gasteiger partial charge in [-0.3, -0.25) is 10.1 Å². The number of nitrogens with two attached hydrogens (primary N) is 1. The largest absolute Gasteiger partial charge is 0.487 e. The van der Waals surface area contributed by atoms with Crippen LogP contribution in [-0.4, -0.2) is 11.5 Å². The molecular formula is C16H18N2O3. The summed E-state index contributed by atoms with van der Waals surface area (Å²) in [5.74, 6) is 0.331. The zero-order chi connectivity index (χ0) is 15.2. The highest BCUT2D eigenvalue weighted by atomic mass is 16.6. The highest BCUT2D eigenvalue weighted by Gasteiger charge is 2.14. The molecule has 0 bridgehead atoms. The first-order valence-corrected chi connectivity index (χ1v) is 6.78. The van der Waals surface area contributed by atoms with Crippen LogP contribution in [0, 0.1) is 17.0 Å². The number of nitro benzene ring substituents is 1. The van der Waals surface area contributed by atoms with Crippen molar-refractivity contribution in [3.8, 4) is 5.75 Å². The molecule has 0 unspecified atom stereocenters. The first kappa shape index (κ1) is 14.8. The average molecular weight is 286 g/mol. The van der Waals surface area contributed by atoms with Gasteiger partial charge in [-0.25, -0.2) is 0 Å². The predicted molar refractivity (Wildman–Crippen MR) is 82.5 cm³/mol. The third-order valence-electron chi connectivity index (χ3n) is 3.16. The molecule has 110 valence electrons. The van der Waals surface area contributed by atoms with E-state index in [0.29, 0.717) is 12.4 Å². The second-order valence-corrected chi connectivity index (χ2v) is 4.92. The summed E-state index contributed by atoms with van der Waals surface area (Å²) in [6.07, 6.45) is 1.63. The molecule has 5 heteroatoms. The van der Waals surface area contributed by atoms with Crippen LogP contribution in [0.25, 0.3) is 0 Å². The molecule has 0 spiro atoms. The van der Waals surface area contributed by atoms with E-state index < -0.39 is 4.92 Å². The molecule has 0 heterocycles. The number of hydrogen-bond donors (Lipinski definition) is 1. The Labute approximate surface area is 123 Å². The van der Waals surface area contributed by atoms with Gasteiger partial charge in [0.1, 0.15) is 0 Å². The van der Waals surface area contributed by atoms with Gasteiger partial charge in [0.05, 0.1) is 11.5 Å². The molecule has 5 nitrogen and oxygen atoms in total. The predicted octanol–water partition coefficient (Wildman–Crippen LogP) is 3.50. The zero-order valence-electron chi connectivity index (χ0n) is 11.9. The molecule has 2 rings (SSSR count). The van der Waals surface area contributed by atoms with Crippen molar-refractivity contribution in [3.05, 3.63) is 63.7 Å². The van der Waals surface area contributed by atoms with Gasteiger partial charge < -0.3 is 10.5 Å². The Morgan fingerprint density at radius 2 is 1.90 bits per heavy atom. The van der Waals surface area contributed by atoms with E-state index >= 15 is 0 Å². The molecule has 0 saturated heterocycles. The minimum Gasteiger partial charge on any atom is -0.487 e. The summed E-state index contributed by atoms with van der Waals surface area (Å²) in [4.78, 5) is 10.5. The lowest BCUT2D eigenvalue weighted by atomic mass is 10.1. The van der Waals surface area contributed by atoms with E-state index in [4.69, 9.17) is 10.5 Å². The molecule has 0 aliphatic carbocycles. The number of benzene rings is 2. The number of hydrogen-bond acceptors (Lipinski definition) is 4. The molecule has 0 aliphatic heterocycles. The maximum Gasteiger partial charge on any atom is 0.310 e. The average Bonchev–Trinajstić information content (AvgIpc) is 2.45. The Hall–Kier alpha value is -2.56. The third-order valence-corrected chi connectivity index (χ3v) is 3.16. The number of anilines is 1. The van der Waals surface area contributed by atoms with E-state index in [1.54, 1.807) is 12.1 Å². The van der Waals surface area contributed by atoms with Crippen LogP contribution in [0.1, 0.15) is 17.5 Å². The van der Waals surface area contributed by atoms with Gasteiger partial charge in [-0.2, -0.15) is 0 Å². The van der Waals surface area contributed by atoms with Gasteiger partial charge in [0.2, 0.25) is 0 Å². The lowest BCUT2D eigenvalue weighted by Gasteiger charge is -2.08. The van der Waals surface area contributed by atoms with Crippen molar-refractivity contribution in [2.24, 2.45) is 0 Å². The Kier molecular flexibility index (Phi) is 4.77. The fourth-order valence-electron chi connectivity index (χ4n) is 2.03. The molecule has 2 aromatic rings. The van der Waals surface area contributed by atoms with Gasteiger partial charge in [-0.15, -0.1) is 0 Å². The van der Waals surface area contributed by atoms with E-state index in [2.05, 4.69) is 0 Å². The summed E-state index contributed by atoms with van der Waals surface area (Å²) < 4.78 is 5.56. The quantitative estimate of drug-likeness (QED) is 0.381. The normalized spacial score (nSPS) is 10.3. The molecule has 2 aromatic carbocycles. The lowest BCUT2D eigenvalue weighted by Crippen LogP contribution is -2.02. The number of nitro groups is 1. The SMILES string of the molecule is Cc1ccc([N+](=O)[O-])c(OCCCc2ccc(N)cc2)c1. The van der Waals surface area contributed by atoms with Crippen LogP contribution in [0.3, 0.4) is 0 Å². The molecule has 0 atom stereocenters. The van der Waals surface area contributed by atoms with Crippen molar-refractivity contribution in [1.82, 2.24) is 0 Å². The fourth-order valence-corrected chi connectivity index (χ4v) is 2.03. The monoisotopic (exact) mass is 286 g/mol. The number of nitrogen functional groups attached to an aromatic ring is 1. The second kappa shape index (κ2) is 6.74. The molecule has 21 heavy (non-hydrogen) atoms. The van der Waals surface area contributed by atoms with Gasteiger partial charge in [0, 0.05) is 11.8 Å². The van der Waals surface area contributed by atoms with Crippen molar-refractivity contribution in [2.75, 3.05) is 12.3 Å². The van der Waals surface area contributed by atoms with Crippen LogP contribution in [0.5, 0.6) is 5.75 Å². The van der Waals surface area contributed by atoms with Crippen LogP contribution < -0.4 is 10.5 Å². The molecule has 0 aliphatic rings. The number of rotatable bonds is 6. The Bertz CT molecular complexity index is 624. The van der Waals surface area contributed by atoms with E-state index in [-0.39, 0.29) is 5.69 Å². The van der Waals surface area contributed by atoms with Gasteiger partial charge in [0.25, 0.3) is 0 Å². The first-order valence-electron chi connectivity index (χ1n) is 6.78. The molecule has 0 aromatic heterocycles. The highest BCUT2D eigenvalue weighted by Crippen LogP contribution is 2.27. The second-order valence-electron chi connectivity index (χ2n) is 4.92. The standard InChI is InChI=1S/C16H18N2O3/c1-12-4-9-15(18(19)20)16(11-12)21-10-2-3-13-5-7-14(17)8-6-13/h4-9,11H,2-3,10,17H2,1H3. The summed E-state index contributed by atoms with van der Waals surface area (Å²) >= 11 is 0. The minimum atomic E-state index is -0.422. The summed E-state index contributed by atoms with van der Waals surface area (Å²) in [5.41, 5.74) is 8.49. The van der Waals surface area contributed by atoms with Crippen LogP contribution in [-0.2, 0) is 6.42 Å². The van der Waals surface area contributed by atoms with Crippen LogP contribution in [0.4, 0.5) is 11.4 Å². The van der Waals surface area contributed by atoms with Crippen molar-refractivity contribution in [3.63, 3.8) is 0 Å². The number of nitrogens with zero attached hydrogens (tertiary/aromatic N) is 1. The molecule has 0 amide bonds. The minimum absolute atomic E-state index is 0.00749. The van der Waals surface area contributed by atoms with Gasteiger partial charge in [-0.05, 0) is 49.1 Å². The molecule has 0 fully saturated rings. The van der Waals surface area contributed by atoms with E-state index in [1.807, 2.05) is 31.2 Å².